The molecule has 7 nitrogen and oxygen atoms in total. The summed E-state index contributed by atoms with van der Waals surface area (Å²) in [7, 11) is 0. The Morgan fingerprint density at radius 3 is 2.24 bits per heavy atom. The number of amides is 2. The van der Waals surface area contributed by atoms with Crippen LogP contribution >= 0.6 is 0 Å². The second kappa shape index (κ2) is 11.1. The standard InChI is InChI=1S/C30H37FN2O5/c1-19-9-7-13-24(31)25(19)27(34)32-18-8-12-23(28(35)36)26(32)20-14-16-22(17-15-20)33(21-10-5-6-11-21)29(37)38-30(2,3)4/h7,9,13-17,21,23,26H,5-6,8,10-12,18H2,1-4H3,(H,35,36)/t23-,26-/m0/s1. The molecule has 1 saturated heterocycles. The van der Waals surface area contributed by atoms with Crippen LogP contribution in [0.25, 0.3) is 0 Å². The number of carboxylic acids is 1. The quantitative estimate of drug-likeness (QED) is 0.483. The fourth-order valence-electron chi connectivity index (χ4n) is 5.71. The molecule has 204 valence electrons. The average Bonchev–Trinajstić information content (AvgIpc) is 3.37. The van der Waals surface area contributed by atoms with Gasteiger partial charge < -0.3 is 14.7 Å². The van der Waals surface area contributed by atoms with Crippen LogP contribution in [0.5, 0.6) is 0 Å². The lowest BCUT2D eigenvalue weighted by atomic mass is 9.84. The molecule has 2 amide bonds. The highest BCUT2D eigenvalue weighted by Crippen LogP contribution is 2.39. The van der Waals surface area contributed by atoms with E-state index in [-0.39, 0.29) is 11.6 Å². The first-order valence-corrected chi connectivity index (χ1v) is 13.4. The number of carboxylic acid groups (broad SMARTS) is 1. The Hall–Kier alpha value is -3.42. The number of hydrogen-bond donors (Lipinski definition) is 1. The van der Waals surface area contributed by atoms with Crippen LogP contribution in [0.4, 0.5) is 14.9 Å². The molecule has 0 unspecified atom stereocenters. The van der Waals surface area contributed by atoms with Crippen molar-refractivity contribution in [1.82, 2.24) is 4.90 Å². The van der Waals surface area contributed by atoms with Gasteiger partial charge in [0.1, 0.15) is 11.4 Å². The van der Waals surface area contributed by atoms with Crippen molar-refractivity contribution in [3.8, 4) is 0 Å². The van der Waals surface area contributed by atoms with Gasteiger partial charge in [-0.3, -0.25) is 14.5 Å². The van der Waals surface area contributed by atoms with Crippen molar-refractivity contribution < 1.29 is 28.6 Å². The van der Waals surface area contributed by atoms with E-state index in [1.165, 1.54) is 11.0 Å². The minimum atomic E-state index is -0.997. The minimum absolute atomic E-state index is 0.0271. The smallest absolute Gasteiger partial charge is 0.415 e. The first kappa shape index (κ1) is 27.6. The third-order valence-corrected chi connectivity index (χ3v) is 7.44. The normalized spacial score (nSPS) is 20.3. The van der Waals surface area contributed by atoms with E-state index in [0.29, 0.717) is 36.2 Å². The van der Waals surface area contributed by atoms with Gasteiger partial charge in [-0.15, -0.1) is 0 Å². The number of halogens is 1. The summed E-state index contributed by atoms with van der Waals surface area (Å²) in [6.45, 7) is 7.50. The minimum Gasteiger partial charge on any atom is -0.481 e. The number of anilines is 1. The van der Waals surface area contributed by atoms with Gasteiger partial charge in [0, 0.05) is 18.3 Å². The molecule has 1 aliphatic heterocycles. The molecule has 1 heterocycles. The molecule has 2 aromatic rings. The number of piperidine rings is 1. The summed E-state index contributed by atoms with van der Waals surface area (Å²) in [4.78, 5) is 42.2. The van der Waals surface area contributed by atoms with Crippen LogP contribution in [0.3, 0.4) is 0 Å². The van der Waals surface area contributed by atoms with E-state index in [9.17, 15) is 23.9 Å². The van der Waals surface area contributed by atoms with Crippen LogP contribution in [0.15, 0.2) is 42.5 Å². The molecule has 0 radical (unpaired) electrons. The van der Waals surface area contributed by atoms with E-state index in [1.807, 2.05) is 20.8 Å². The van der Waals surface area contributed by atoms with Crippen LogP contribution in [-0.4, -0.2) is 46.2 Å². The van der Waals surface area contributed by atoms with Crippen molar-refractivity contribution in [2.45, 2.75) is 83.9 Å². The van der Waals surface area contributed by atoms with E-state index < -0.39 is 41.3 Å². The molecule has 38 heavy (non-hydrogen) atoms. The fourth-order valence-corrected chi connectivity index (χ4v) is 5.71. The van der Waals surface area contributed by atoms with Gasteiger partial charge in [-0.25, -0.2) is 9.18 Å². The van der Waals surface area contributed by atoms with Crippen LogP contribution in [-0.2, 0) is 9.53 Å². The highest BCUT2D eigenvalue weighted by Gasteiger charge is 2.41. The summed E-state index contributed by atoms with van der Waals surface area (Å²) in [5.74, 6) is -2.96. The Kier molecular flexibility index (Phi) is 8.09. The Balaban J connectivity index is 1.69. The van der Waals surface area contributed by atoms with E-state index in [2.05, 4.69) is 0 Å². The topological polar surface area (TPSA) is 87.2 Å². The molecule has 2 fully saturated rings. The third-order valence-electron chi connectivity index (χ3n) is 7.44. The lowest BCUT2D eigenvalue weighted by molar-refractivity contribution is -0.145. The molecule has 0 spiro atoms. The van der Waals surface area contributed by atoms with Gasteiger partial charge in [0.05, 0.1) is 17.5 Å². The van der Waals surface area contributed by atoms with Gasteiger partial charge in [0.25, 0.3) is 5.91 Å². The third kappa shape index (κ3) is 5.84. The first-order chi connectivity index (χ1) is 18.0. The average molecular weight is 525 g/mol. The number of aryl methyl sites for hydroxylation is 1. The molecule has 2 aromatic carbocycles. The second-order valence-electron chi connectivity index (χ2n) is 11.3. The zero-order chi connectivity index (χ0) is 27.6. The summed E-state index contributed by atoms with van der Waals surface area (Å²) >= 11 is 0. The number of nitrogens with zero attached hydrogens (tertiary/aromatic N) is 2. The van der Waals surface area contributed by atoms with Gasteiger partial charge >= 0.3 is 12.1 Å². The number of ether oxygens (including phenoxy) is 1. The summed E-state index contributed by atoms with van der Waals surface area (Å²) in [5, 5.41) is 10.0. The number of hydrogen-bond acceptors (Lipinski definition) is 4. The zero-order valence-corrected chi connectivity index (χ0v) is 22.6. The molecular formula is C30H37FN2O5. The lowest BCUT2D eigenvalue weighted by Crippen LogP contribution is -2.45. The van der Waals surface area contributed by atoms with Crippen LogP contribution < -0.4 is 4.90 Å². The number of aliphatic carboxylic acids is 1. The molecule has 2 atom stereocenters. The SMILES string of the molecule is Cc1cccc(F)c1C(=O)N1CCC[C@H](C(=O)O)[C@@H]1c1ccc(N(C(=O)OC(C)(C)C)C2CCCC2)cc1. The number of likely N-dealkylation sites (tertiary alicyclic amines) is 1. The summed E-state index contributed by atoms with van der Waals surface area (Å²) in [6.07, 6.45) is 4.36. The zero-order valence-electron chi connectivity index (χ0n) is 22.6. The van der Waals surface area contributed by atoms with E-state index in [1.54, 1.807) is 48.2 Å². The van der Waals surface area contributed by atoms with Gasteiger partial charge in [0.15, 0.2) is 0 Å². The number of carbonyl (C=O) groups is 3. The predicted molar refractivity (Wildman–Crippen MR) is 143 cm³/mol. The van der Waals surface area contributed by atoms with Crippen molar-refractivity contribution in [1.29, 1.82) is 0 Å². The maximum atomic E-state index is 14.7. The molecule has 0 aromatic heterocycles. The Morgan fingerprint density at radius 1 is 1.00 bits per heavy atom. The summed E-state index contributed by atoms with van der Waals surface area (Å²) in [6, 6.07) is 10.9. The van der Waals surface area contributed by atoms with Gasteiger partial charge in [-0.2, -0.15) is 0 Å². The number of rotatable bonds is 5. The van der Waals surface area contributed by atoms with Crippen LogP contribution in [0.1, 0.15) is 86.8 Å². The Morgan fingerprint density at radius 2 is 1.66 bits per heavy atom. The molecule has 1 aliphatic carbocycles. The first-order valence-electron chi connectivity index (χ1n) is 13.4. The largest absolute Gasteiger partial charge is 0.481 e. The van der Waals surface area contributed by atoms with Crippen molar-refractivity contribution in [3.05, 3.63) is 65.0 Å². The van der Waals surface area contributed by atoms with E-state index in [0.717, 1.165) is 25.7 Å². The maximum absolute atomic E-state index is 14.7. The lowest BCUT2D eigenvalue weighted by Gasteiger charge is -2.40. The van der Waals surface area contributed by atoms with Crippen molar-refractivity contribution >= 4 is 23.7 Å². The fraction of sp³-hybridized carbons (Fsp3) is 0.500. The second-order valence-corrected chi connectivity index (χ2v) is 11.3. The van der Waals surface area contributed by atoms with Gasteiger partial charge in [-0.1, -0.05) is 37.1 Å². The Bertz CT molecular complexity index is 1160. The molecule has 8 heteroatoms. The monoisotopic (exact) mass is 524 g/mol. The van der Waals surface area contributed by atoms with Crippen molar-refractivity contribution in [3.63, 3.8) is 0 Å². The number of carbonyl (C=O) groups excluding carboxylic acids is 2. The molecule has 0 bridgehead atoms. The van der Waals surface area contributed by atoms with Gasteiger partial charge in [0.2, 0.25) is 0 Å². The van der Waals surface area contributed by atoms with Crippen LogP contribution in [0, 0.1) is 18.7 Å². The summed E-state index contributed by atoms with van der Waals surface area (Å²) in [5.41, 5.74) is 1.14. The molecule has 2 aliphatic rings. The molecule has 1 saturated carbocycles. The predicted octanol–water partition coefficient (Wildman–Crippen LogP) is 6.50. The Labute approximate surface area is 223 Å². The van der Waals surface area contributed by atoms with Crippen molar-refractivity contribution in [2.75, 3.05) is 11.4 Å². The van der Waals surface area contributed by atoms with Crippen molar-refractivity contribution in [2.24, 2.45) is 5.92 Å². The highest BCUT2D eigenvalue weighted by atomic mass is 19.1. The molecule has 1 N–H and O–H groups in total. The number of benzene rings is 2. The van der Waals surface area contributed by atoms with E-state index in [4.69, 9.17) is 4.74 Å². The maximum Gasteiger partial charge on any atom is 0.415 e. The summed E-state index contributed by atoms with van der Waals surface area (Å²) < 4.78 is 20.4. The van der Waals surface area contributed by atoms with Crippen LogP contribution in [0.2, 0.25) is 0 Å². The van der Waals surface area contributed by atoms with Gasteiger partial charge in [-0.05, 0) is 82.7 Å². The van der Waals surface area contributed by atoms with E-state index >= 15 is 0 Å². The molecule has 4 rings (SSSR count). The molecular weight excluding hydrogens is 487 g/mol. The highest BCUT2D eigenvalue weighted by molar-refractivity contribution is 5.96.